The molecule has 0 aliphatic rings. The van der Waals surface area contributed by atoms with Gasteiger partial charge in [-0.25, -0.2) is 4.79 Å². The highest BCUT2D eigenvalue weighted by atomic mass is 35.5. The Labute approximate surface area is 131 Å². The molecule has 0 aromatic heterocycles. The van der Waals surface area contributed by atoms with Crippen molar-refractivity contribution < 1.29 is 9.90 Å². The molecule has 0 saturated carbocycles. The van der Waals surface area contributed by atoms with Gasteiger partial charge in [-0.1, -0.05) is 25.4 Å². The zero-order valence-corrected chi connectivity index (χ0v) is 13.7. The van der Waals surface area contributed by atoms with Gasteiger partial charge in [-0.05, 0) is 30.5 Å². The molecule has 1 unspecified atom stereocenters. The first-order valence-electron chi connectivity index (χ1n) is 7.01. The van der Waals surface area contributed by atoms with Gasteiger partial charge >= 0.3 is 6.03 Å². The van der Waals surface area contributed by atoms with E-state index in [1.165, 1.54) is 0 Å². The molecule has 1 aromatic rings. The maximum absolute atomic E-state index is 11.9. The number of rotatable bonds is 6. The molecule has 0 bridgehead atoms. The highest BCUT2D eigenvalue weighted by molar-refractivity contribution is 6.31. The van der Waals surface area contributed by atoms with E-state index in [0.717, 1.165) is 5.69 Å². The number of nitrogens with one attached hydrogen (secondary N) is 2. The van der Waals surface area contributed by atoms with Gasteiger partial charge in [0.25, 0.3) is 0 Å². The summed E-state index contributed by atoms with van der Waals surface area (Å²) in [4.78, 5) is 13.8. The lowest BCUT2D eigenvalue weighted by atomic mass is 10.0. The van der Waals surface area contributed by atoms with Crippen molar-refractivity contribution in [2.24, 2.45) is 5.92 Å². The summed E-state index contributed by atoms with van der Waals surface area (Å²) in [5.41, 5.74) is 1.52. The Morgan fingerprint density at radius 2 is 2.05 bits per heavy atom. The Morgan fingerprint density at radius 3 is 2.62 bits per heavy atom. The van der Waals surface area contributed by atoms with Crippen LogP contribution in [0.2, 0.25) is 5.02 Å². The standard InChI is InChI=1S/C15H24ClN3O2/c1-10(2)14(20)7-8-17-15(21)18-12-9-11(16)5-6-13(12)19(3)4/h5-6,9-10,14,20H,7-8H2,1-4H3,(H2,17,18,21). The number of hydrogen-bond donors (Lipinski definition) is 3. The normalized spacial score (nSPS) is 12.1. The number of nitrogens with zero attached hydrogens (tertiary/aromatic N) is 1. The zero-order chi connectivity index (χ0) is 16.0. The lowest BCUT2D eigenvalue weighted by Crippen LogP contribution is -2.32. The first-order chi connectivity index (χ1) is 9.81. The second-order valence-corrected chi connectivity index (χ2v) is 5.97. The molecule has 0 radical (unpaired) electrons. The third-order valence-corrected chi connectivity index (χ3v) is 3.42. The Hall–Kier alpha value is -1.46. The Kier molecular flexibility index (Phi) is 6.78. The molecule has 0 aliphatic heterocycles. The summed E-state index contributed by atoms with van der Waals surface area (Å²) >= 11 is 5.96. The van der Waals surface area contributed by atoms with E-state index in [0.29, 0.717) is 23.7 Å². The molecule has 0 aliphatic carbocycles. The number of aliphatic hydroxyl groups excluding tert-OH is 1. The Morgan fingerprint density at radius 1 is 1.38 bits per heavy atom. The van der Waals surface area contributed by atoms with Gasteiger partial charge in [-0.2, -0.15) is 0 Å². The van der Waals surface area contributed by atoms with Crippen molar-refractivity contribution in [1.29, 1.82) is 0 Å². The van der Waals surface area contributed by atoms with Gasteiger partial charge in [0.05, 0.1) is 17.5 Å². The average Bonchev–Trinajstić information content (AvgIpc) is 2.37. The maximum Gasteiger partial charge on any atom is 0.319 e. The highest BCUT2D eigenvalue weighted by Gasteiger charge is 2.11. The predicted molar refractivity (Wildman–Crippen MR) is 88.3 cm³/mol. The molecule has 0 spiro atoms. The highest BCUT2D eigenvalue weighted by Crippen LogP contribution is 2.27. The van der Waals surface area contributed by atoms with E-state index >= 15 is 0 Å². The number of carbonyl (C=O) groups excluding carboxylic acids is 1. The van der Waals surface area contributed by atoms with Crippen molar-refractivity contribution in [1.82, 2.24) is 5.32 Å². The summed E-state index contributed by atoms with van der Waals surface area (Å²) in [5.74, 6) is 0.183. The zero-order valence-electron chi connectivity index (χ0n) is 13.0. The molecule has 0 fully saturated rings. The third kappa shape index (κ3) is 5.81. The van der Waals surface area contributed by atoms with Crippen LogP contribution in [-0.2, 0) is 0 Å². The van der Waals surface area contributed by atoms with Gasteiger partial charge in [-0.3, -0.25) is 0 Å². The van der Waals surface area contributed by atoms with Crippen molar-refractivity contribution >= 4 is 29.0 Å². The topological polar surface area (TPSA) is 64.6 Å². The van der Waals surface area contributed by atoms with E-state index < -0.39 is 6.10 Å². The van der Waals surface area contributed by atoms with Crippen molar-refractivity contribution in [2.45, 2.75) is 26.4 Å². The number of anilines is 2. The fraction of sp³-hybridized carbons (Fsp3) is 0.533. The number of urea groups is 1. The van der Waals surface area contributed by atoms with Crippen LogP contribution in [0.15, 0.2) is 18.2 Å². The summed E-state index contributed by atoms with van der Waals surface area (Å²) in [7, 11) is 3.79. The molecule has 1 aromatic carbocycles. The van der Waals surface area contributed by atoms with Gasteiger partial charge in [-0.15, -0.1) is 0 Å². The first-order valence-corrected chi connectivity index (χ1v) is 7.39. The van der Waals surface area contributed by atoms with Crippen LogP contribution in [0.5, 0.6) is 0 Å². The Bertz CT molecular complexity index is 478. The fourth-order valence-corrected chi connectivity index (χ4v) is 2.00. The molecule has 2 amide bonds. The first kappa shape index (κ1) is 17.6. The van der Waals surface area contributed by atoms with Crippen molar-refractivity contribution in [3.05, 3.63) is 23.2 Å². The predicted octanol–water partition coefficient (Wildman–Crippen LogP) is 2.93. The summed E-state index contributed by atoms with van der Waals surface area (Å²) in [6.45, 7) is 4.31. The van der Waals surface area contributed by atoms with Gasteiger partial charge in [0.1, 0.15) is 0 Å². The molecular formula is C15H24ClN3O2. The lowest BCUT2D eigenvalue weighted by Gasteiger charge is -2.19. The van der Waals surface area contributed by atoms with Crippen LogP contribution >= 0.6 is 11.6 Å². The largest absolute Gasteiger partial charge is 0.393 e. The summed E-state index contributed by atoms with van der Waals surface area (Å²) in [6.07, 6.45) is 0.120. The monoisotopic (exact) mass is 313 g/mol. The number of amides is 2. The molecule has 118 valence electrons. The van der Waals surface area contributed by atoms with Crippen molar-refractivity contribution in [3.8, 4) is 0 Å². The molecule has 5 nitrogen and oxygen atoms in total. The van der Waals surface area contributed by atoms with Crippen LogP contribution in [0.1, 0.15) is 20.3 Å². The van der Waals surface area contributed by atoms with E-state index in [1.54, 1.807) is 12.1 Å². The minimum absolute atomic E-state index is 0.183. The molecule has 21 heavy (non-hydrogen) atoms. The molecule has 1 rings (SSSR count). The summed E-state index contributed by atoms with van der Waals surface area (Å²) < 4.78 is 0. The van der Waals surface area contributed by atoms with Gasteiger partial charge in [0.15, 0.2) is 0 Å². The minimum Gasteiger partial charge on any atom is -0.393 e. The van der Waals surface area contributed by atoms with E-state index in [-0.39, 0.29) is 11.9 Å². The second-order valence-electron chi connectivity index (χ2n) is 5.54. The fourth-order valence-electron chi connectivity index (χ4n) is 1.83. The SMILES string of the molecule is CC(C)C(O)CCNC(=O)Nc1cc(Cl)ccc1N(C)C. The van der Waals surface area contributed by atoms with E-state index in [1.807, 2.05) is 38.9 Å². The summed E-state index contributed by atoms with van der Waals surface area (Å²) in [6, 6.07) is 5.02. The molecule has 0 heterocycles. The Balaban J connectivity index is 2.57. The van der Waals surface area contributed by atoms with E-state index in [9.17, 15) is 9.90 Å². The number of aliphatic hydroxyl groups is 1. The van der Waals surface area contributed by atoms with Crippen molar-refractivity contribution in [2.75, 3.05) is 30.9 Å². The van der Waals surface area contributed by atoms with Gasteiger partial charge < -0.3 is 20.6 Å². The smallest absolute Gasteiger partial charge is 0.319 e. The second kappa shape index (κ2) is 8.10. The minimum atomic E-state index is -0.409. The third-order valence-electron chi connectivity index (χ3n) is 3.18. The number of hydrogen-bond acceptors (Lipinski definition) is 3. The van der Waals surface area contributed by atoms with Crippen LogP contribution in [0.25, 0.3) is 0 Å². The maximum atomic E-state index is 11.9. The van der Waals surface area contributed by atoms with Crippen LogP contribution in [-0.4, -0.2) is 37.9 Å². The quantitative estimate of drug-likeness (QED) is 0.756. The van der Waals surface area contributed by atoms with E-state index in [2.05, 4.69) is 10.6 Å². The molecule has 0 saturated heterocycles. The van der Waals surface area contributed by atoms with E-state index in [4.69, 9.17) is 11.6 Å². The molecule has 1 atom stereocenters. The van der Waals surface area contributed by atoms with Crippen molar-refractivity contribution in [3.63, 3.8) is 0 Å². The molecule has 6 heteroatoms. The van der Waals surface area contributed by atoms with Crippen LogP contribution in [0.3, 0.4) is 0 Å². The van der Waals surface area contributed by atoms with Crippen LogP contribution in [0, 0.1) is 5.92 Å². The lowest BCUT2D eigenvalue weighted by molar-refractivity contribution is 0.117. The van der Waals surface area contributed by atoms with Crippen LogP contribution in [0.4, 0.5) is 16.2 Å². The van der Waals surface area contributed by atoms with Gasteiger partial charge in [0.2, 0.25) is 0 Å². The molecular weight excluding hydrogens is 290 g/mol. The number of halogens is 1. The average molecular weight is 314 g/mol. The van der Waals surface area contributed by atoms with Gasteiger partial charge in [0, 0.05) is 25.7 Å². The van der Waals surface area contributed by atoms with Crippen LogP contribution < -0.4 is 15.5 Å². The summed E-state index contributed by atoms with van der Waals surface area (Å²) in [5, 5.41) is 15.8. The molecule has 3 N–H and O–H groups in total. The number of carbonyl (C=O) groups is 1. The number of benzene rings is 1.